The molecule has 32 heavy (non-hydrogen) atoms. The van der Waals surface area contributed by atoms with Crippen LogP contribution in [0.15, 0.2) is 82.0 Å². The van der Waals surface area contributed by atoms with E-state index in [2.05, 4.69) is 30.4 Å². The molecule has 7 nitrogen and oxygen atoms in total. The van der Waals surface area contributed by atoms with E-state index in [1.807, 2.05) is 27.0 Å². The fraction of sp³-hybridized carbons (Fsp3) is 0.200. The zero-order valence-electron chi connectivity index (χ0n) is 18.0. The highest BCUT2D eigenvalue weighted by atomic mass is 79.9. The Morgan fingerprint density at radius 3 is 2.34 bits per heavy atom. The summed E-state index contributed by atoms with van der Waals surface area (Å²) in [6.45, 7) is 5.89. The van der Waals surface area contributed by atoms with E-state index in [-0.39, 0.29) is 5.03 Å². The second-order valence-electron chi connectivity index (χ2n) is 5.58. The van der Waals surface area contributed by atoms with E-state index in [0.29, 0.717) is 14.3 Å². The highest BCUT2D eigenvalue weighted by Gasteiger charge is 2.27. The second kappa shape index (κ2) is 13.1. The van der Waals surface area contributed by atoms with Gasteiger partial charge in [0.05, 0.1) is 20.3 Å². The van der Waals surface area contributed by atoms with Gasteiger partial charge in [-0.3, -0.25) is 5.41 Å². The summed E-state index contributed by atoms with van der Waals surface area (Å²) < 4.78 is 45.2. The predicted molar refractivity (Wildman–Crippen MR) is 138 cm³/mol. The Morgan fingerprint density at radius 1 is 1.16 bits per heavy atom. The number of nitrogens with zero attached hydrogens (tertiary/aromatic N) is 2. The summed E-state index contributed by atoms with van der Waals surface area (Å²) in [4.78, 5) is 5.54. The highest BCUT2D eigenvalue weighted by Crippen LogP contribution is 2.39. The van der Waals surface area contributed by atoms with Gasteiger partial charge in [0, 0.05) is 15.5 Å². The van der Waals surface area contributed by atoms with Crippen LogP contribution in [-0.4, -0.2) is 30.2 Å². The number of hydrogen-bond donors (Lipinski definition) is 2. The minimum absolute atomic E-state index is 0.231. The van der Waals surface area contributed by atoms with Crippen molar-refractivity contribution in [2.24, 2.45) is 9.50 Å². The first-order chi connectivity index (χ1) is 15.2. The summed E-state index contributed by atoms with van der Waals surface area (Å²) in [5.41, 5.74) is 4.39. The molecular weight excluding hydrogens is 552 g/mol. The molecule has 3 aromatic rings. The van der Waals surface area contributed by atoms with Crippen LogP contribution in [-0.2, 0) is 19.8 Å². The Bertz CT molecular complexity index is 1250. The molecule has 2 heterocycles. The average molecular weight is 578 g/mol. The SMILES string of the molecule is CC.CSc1sc(C)cc1S(=O)(=NS(=O)(=O)c1ccccn1)c1cccc(Br)c1.N=CN. The first kappa shape index (κ1) is 28.3. The van der Waals surface area contributed by atoms with Gasteiger partial charge in [-0.05, 0) is 49.6 Å². The Labute approximate surface area is 206 Å². The molecule has 12 heteroatoms. The first-order valence-electron chi connectivity index (χ1n) is 9.23. The summed E-state index contributed by atoms with van der Waals surface area (Å²) in [6, 6.07) is 13.0. The van der Waals surface area contributed by atoms with Crippen LogP contribution in [0, 0.1) is 12.3 Å². The molecule has 3 rings (SSSR count). The lowest BCUT2D eigenvalue weighted by molar-refractivity contribution is 0.594. The van der Waals surface area contributed by atoms with E-state index in [0.717, 1.165) is 15.4 Å². The third-order valence-corrected chi connectivity index (χ3v) is 10.6. The van der Waals surface area contributed by atoms with Gasteiger partial charge in [-0.15, -0.1) is 23.1 Å². The maximum Gasteiger partial charge on any atom is 0.308 e. The van der Waals surface area contributed by atoms with Crippen molar-refractivity contribution in [1.82, 2.24) is 4.98 Å². The Hall–Kier alpha value is -1.73. The van der Waals surface area contributed by atoms with Crippen molar-refractivity contribution in [1.29, 1.82) is 5.41 Å². The van der Waals surface area contributed by atoms with Crippen LogP contribution >= 0.6 is 39.0 Å². The number of benzene rings is 1. The molecule has 1 aromatic carbocycles. The molecule has 0 bridgehead atoms. The summed E-state index contributed by atoms with van der Waals surface area (Å²) in [5, 5.41) is 5.63. The van der Waals surface area contributed by atoms with E-state index in [1.54, 1.807) is 42.5 Å². The average Bonchev–Trinajstić information content (AvgIpc) is 3.17. The zero-order chi connectivity index (χ0) is 24.4. The van der Waals surface area contributed by atoms with Crippen LogP contribution in [0.2, 0.25) is 0 Å². The third-order valence-electron chi connectivity index (χ3n) is 3.49. The lowest BCUT2D eigenvalue weighted by Crippen LogP contribution is -2.08. The molecule has 0 saturated heterocycles. The topological polar surface area (TPSA) is 126 Å². The van der Waals surface area contributed by atoms with Crippen LogP contribution < -0.4 is 5.73 Å². The number of thiophene rings is 1. The van der Waals surface area contributed by atoms with Gasteiger partial charge >= 0.3 is 10.0 Å². The highest BCUT2D eigenvalue weighted by molar-refractivity contribution is 9.10. The molecule has 2 aromatic heterocycles. The molecule has 0 aliphatic rings. The molecule has 0 spiro atoms. The van der Waals surface area contributed by atoms with Crippen molar-refractivity contribution in [2.45, 2.75) is 39.8 Å². The van der Waals surface area contributed by atoms with Crippen molar-refractivity contribution >= 4 is 65.1 Å². The number of aromatic nitrogens is 1. The molecule has 0 aliphatic heterocycles. The van der Waals surface area contributed by atoms with Crippen LogP contribution in [0.4, 0.5) is 0 Å². The van der Waals surface area contributed by atoms with E-state index in [9.17, 15) is 12.6 Å². The van der Waals surface area contributed by atoms with Crippen molar-refractivity contribution in [3.8, 4) is 0 Å². The van der Waals surface area contributed by atoms with E-state index >= 15 is 0 Å². The maximum absolute atomic E-state index is 14.1. The zero-order valence-corrected chi connectivity index (χ0v) is 22.8. The fourth-order valence-electron chi connectivity index (χ4n) is 2.33. The standard InChI is InChI=1S/C17H15BrN2O3S4.C2H6.CH4N2/c1-12-10-15(17(24-2)25-12)26(21,14-7-5-6-13(18)11-14)20-27(22,23)16-8-3-4-9-19-16;1-2;2-1-3/h3-11H,1-2H3;1-2H3;1H,(H3,2,3). The minimum Gasteiger partial charge on any atom is -0.390 e. The normalized spacial score (nSPS) is 12.3. The fourth-order valence-corrected chi connectivity index (χ4v) is 9.51. The number of hydrogen-bond acceptors (Lipinski definition) is 7. The van der Waals surface area contributed by atoms with Crippen molar-refractivity contribution in [3.63, 3.8) is 0 Å². The van der Waals surface area contributed by atoms with Gasteiger partial charge in [0.15, 0.2) is 5.03 Å². The number of nitrogens with two attached hydrogens (primary N) is 1. The number of sulfonamides is 1. The van der Waals surface area contributed by atoms with Crippen LogP contribution in [0.25, 0.3) is 0 Å². The molecule has 174 valence electrons. The van der Waals surface area contributed by atoms with Gasteiger partial charge in [0.2, 0.25) is 0 Å². The van der Waals surface area contributed by atoms with E-state index < -0.39 is 19.8 Å². The Balaban J connectivity index is 0.000000944. The molecule has 3 N–H and O–H groups in total. The lowest BCUT2D eigenvalue weighted by Gasteiger charge is -2.11. The molecule has 1 unspecified atom stereocenters. The number of nitrogens with one attached hydrogen (secondary N) is 1. The smallest absolute Gasteiger partial charge is 0.308 e. The molecule has 0 fully saturated rings. The molecular formula is C20H25BrN4O3S4. The van der Waals surface area contributed by atoms with E-state index in [4.69, 9.17) is 5.41 Å². The largest absolute Gasteiger partial charge is 0.390 e. The summed E-state index contributed by atoms with van der Waals surface area (Å²) in [6.07, 6.45) is 3.98. The quantitative estimate of drug-likeness (QED) is 0.225. The van der Waals surface area contributed by atoms with Crippen molar-refractivity contribution in [3.05, 3.63) is 64.1 Å². The van der Waals surface area contributed by atoms with Gasteiger partial charge in [-0.25, -0.2) is 9.19 Å². The number of pyridine rings is 1. The monoisotopic (exact) mass is 576 g/mol. The third kappa shape index (κ3) is 7.14. The van der Waals surface area contributed by atoms with Crippen molar-refractivity contribution in [2.75, 3.05) is 6.26 Å². The Kier molecular flexibility index (Phi) is 11.6. The predicted octanol–water partition coefficient (Wildman–Crippen LogP) is 5.79. The van der Waals surface area contributed by atoms with Gasteiger partial charge in [-0.1, -0.05) is 45.7 Å². The number of thioether (sulfide) groups is 1. The summed E-state index contributed by atoms with van der Waals surface area (Å²) in [7, 11) is -7.66. The maximum atomic E-state index is 14.1. The lowest BCUT2D eigenvalue weighted by atomic mass is 10.4. The second-order valence-corrected chi connectivity index (χ2v) is 12.8. The van der Waals surface area contributed by atoms with Crippen LogP contribution in [0.3, 0.4) is 0 Å². The van der Waals surface area contributed by atoms with Crippen molar-refractivity contribution < 1.29 is 12.6 Å². The number of halogens is 1. The molecule has 0 aliphatic carbocycles. The molecule has 1 atom stereocenters. The first-order valence-corrected chi connectivity index (χ1v) is 15.0. The molecule has 0 amide bonds. The molecule has 0 radical (unpaired) electrons. The molecule has 0 saturated carbocycles. The van der Waals surface area contributed by atoms with Crippen LogP contribution in [0.5, 0.6) is 0 Å². The summed E-state index contributed by atoms with van der Waals surface area (Å²) in [5.74, 6) is 0. The number of rotatable bonds is 5. The van der Waals surface area contributed by atoms with Gasteiger partial charge < -0.3 is 5.73 Å². The van der Waals surface area contributed by atoms with E-state index in [1.165, 1.54) is 35.4 Å². The van der Waals surface area contributed by atoms with Gasteiger partial charge in [-0.2, -0.15) is 8.42 Å². The van der Waals surface area contributed by atoms with Crippen LogP contribution in [0.1, 0.15) is 18.7 Å². The van der Waals surface area contributed by atoms with Gasteiger partial charge in [0.25, 0.3) is 0 Å². The number of aryl methyl sites for hydroxylation is 1. The minimum atomic E-state index is -4.22. The van der Waals surface area contributed by atoms with Gasteiger partial charge in [0.1, 0.15) is 9.73 Å². The summed E-state index contributed by atoms with van der Waals surface area (Å²) >= 11 is 6.25. The Morgan fingerprint density at radius 2 is 1.81 bits per heavy atom.